The zero-order valence-corrected chi connectivity index (χ0v) is 14.1. The van der Waals surface area contributed by atoms with Crippen molar-refractivity contribution in [2.45, 2.75) is 26.3 Å². The molecular formula is C17H19FN4O3. The van der Waals surface area contributed by atoms with Crippen LogP contribution in [0.2, 0.25) is 0 Å². The Morgan fingerprint density at radius 3 is 2.76 bits per heavy atom. The highest BCUT2D eigenvalue weighted by atomic mass is 19.1. The molecule has 0 saturated carbocycles. The van der Waals surface area contributed by atoms with Crippen LogP contribution in [0.15, 0.2) is 28.8 Å². The number of aryl methyl sites for hydroxylation is 1. The van der Waals surface area contributed by atoms with Gasteiger partial charge in [-0.1, -0.05) is 12.1 Å². The fourth-order valence-corrected chi connectivity index (χ4v) is 2.83. The van der Waals surface area contributed by atoms with E-state index in [1.54, 1.807) is 7.05 Å². The van der Waals surface area contributed by atoms with Gasteiger partial charge in [-0.15, -0.1) is 0 Å². The summed E-state index contributed by atoms with van der Waals surface area (Å²) in [4.78, 5) is 32.0. The van der Waals surface area contributed by atoms with E-state index in [1.165, 1.54) is 34.1 Å². The lowest BCUT2D eigenvalue weighted by Crippen LogP contribution is -2.34. The number of carbonyl (C=O) groups excluding carboxylic acids is 2. The van der Waals surface area contributed by atoms with Crippen LogP contribution in [0.4, 0.5) is 10.1 Å². The molecule has 132 valence electrons. The quantitative estimate of drug-likeness (QED) is 0.824. The van der Waals surface area contributed by atoms with Gasteiger partial charge in [-0.3, -0.25) is 9.59 Å². The lowest BCUT2D eigenvalue weighted by atomic mass is 10.1. The number of amides is 2. The van der Waals surface area contributed by atoms with E-state index in [4.69, 9.17) is 4.52 Å². The van der Waals surface area contributed by atoms with Crippen molar-refractivity contribution in [2.75, 3.05) is 18.5 Å². The van der Waals surface area contributed by atoms with Crippen LogP contribution in [0, 0.1) is 11.7 Å². The van der Waals surface area contributed by atoms with Crippen LogP contribution in [0.25, 0.3) is 0 Å². The summed E-state index contributed by atoms with van der Waals surface area (Å²) in [6.45, 7) is 2.39. The number of benzene rings is 1. The second-order valence-electron chi connectivity index (χ2n) is 6.03. The molecule has 0 unspecified atom stereocenters. The number of halogens is 1. The Labute approximate surface area is 144 Å². The summed E-state index contributed by atoms with van der Waals surface area (Å²) < 4.78 is 18.1. The van der Waals surface area contributed by atoms with Crippen molar-refractivity contribution in [1.82, 2.24) is 15.0 Å². The van der Waals surface area contributed by atoms with E-state index in [-0.39, 0.29) is 37.1 Å². The summed E-state index contributed by atoms with van der Waals surface area (Å²) >= 11 is 0. The molecule has 0 aliphatic carbocycles. The second kappa shape index (κ2) is 7.00. The van der Waals surface area contributed by atoms with Gasteiger partial charge < -0.3 is 14.3 Å². The molecule has 25 heavy (non-hydrogen) atoms. The van der Waals surface area contributed by atoms with Crippen LogP contribution in [0.1, 0.15) is 25.1 Å². The zero-order chi connectivity index (χ0) is 18.0. The van der Waals surface area contributed by atoms with E-state index in [0.29, 0.717) is 23.8 Å². The summed E-state index contributed by atoms with van der Waals surface area (Å²) in [7, 11) is 1.64. The molecule has 8 heteroatoms. The van der Waals surface area contributed by atoms with Crippen LogP contribution in [0.5, 0.6) is 0 Å². The van der Waals surface area contributed by atoms with Gasteiger partial charge in [-0.05, 0) is 24.3 Å². The maximum absolute atomic E-state index is 13.0. The van der Waals surface area contributed by atoms with E-state index in [9.17, 15) is 14.0 Å². The Morgan fingerprint density at radius 1 is 1.40 bits per heavy atom. The first kappa shape index (κ1) is 17.1. The lowest BCUT2D eigenvalue weighted by molar-refractivity contribution is -0.135. The highest BCUT2D eigenvalue weighted by Gasteiger charge is 2.36. The van der Waals surface area contributed by atoms with Crippen LogP contribution in [-0.2, 0) is 22.6 Å². The maximum atomic E-state index is 13.0. The molecule has 3 rings (SSSR count). The molecule has 1 fully saturated rings. The lowest BCUT2D eigenvalue weighted by Gasteiger charge is -2.20. The van der Waals surface area contributed by atoms with Crippen LogP contribution in [0.3, 0.4) is 0 Å². The fourth-order valence-electron chi connectivity index (χ4n) is 2.83. The van der Waals surface area contributed by atoms with Crippen LogP contribution >= 0.6 is 0 Å². The first-order valence-electron chi connectivity index (χ1n) is 8.10. The second-order valence-corrected chi connectivity index (χ2v) is 6.03. The molecule has 1 saturated heterocycles. The molecule has 0 N–H and O–H groups in total. The number of aromatic nitrogens is 2. The molecule has 2 heterocycles. The molecule has 0 bridgehead atoms. The monoisotopic (exact) mass is 346 g/mol. The Kier molecular flexibility index (Phi) is 4.78. The third-order valence-electron chi connectivity index (χ3n) is 4.19. The molecule has 0 radical (unpaired) electrons. The van der Waals surface area contributed by atoms with Gasteiger partial charge in [0.2, 0.25) is 17.7 Å². The molecule has 0 spiro atoms. The minimum Gasteiger partial charge on any atom is -0.337 e. The number of hydrogen-bond acceptors (Lipinski definition) is 5. The number of rotatable bonds is 5. The van der Waals surface area contributed by atoms with Crippen molar-refractivity contribution < 1.29 is 18.5 Å². The minimum absolute atomic E-state index is 0.130. The molecule has 7 nitrogen and oxygen atoms in total. The topological polar surface area (TPSA) is 79.5 Å². The molecule has 1 aliphatic rings. The normalized spacial score (nSPS) is 17.2. The maximum Gasteiger partial charge on any atom is 0.246 e. The molecular weight excluding hydrogens is 327 g/mol. The third-order valence-corrected chi connectivity index (χ3v) is 4.19. The van der Waals surface area contributed by atoms with Gasteiger partial charge in [0.15, 0.2) is 5.82 Å². The SMILES string of the molecule is CCc1noc(CN(C)C(=O)[C@@H]2CC(=O)N(c3ccc(F)cc3)C2)n1. The van der Waals surface area contributed by atoms with Gasteiger partial charge in [0.05, 0.1) is 12.5 Å². The zero-order valence-electron chi connectivity index (χ0n) is 14.1. The van der Waals surface area contributed by atoms with Crippen molar-refractivity contribution in [1.29, 1.82) is 0 Å². The summed E-state index contributed by atoms with van der Waals surface area (Å²) in [5, 5.41) is 3.80. The molecule has 1 atom stereocenters. The highest BCUT2D eigenvalue weighted by Crippen LogP contribution is 2.26. The van der Waals surface area contributed by atoms with Gasteiger partial charge in [0, 0.05) is 32.1 Å². The number of hydrogen-bond donors (Lipinski definition) is 0. The molecule has 1 aromatic carbocycles. The summed E-state index contributed by atoms with van der Waals surface area (Å²) in [5.74, 6) is -0.162. The van der Waals surface area contributed by atoms with E-state index in [2.05, 4.69) is 10.1 Å². The Hall–Kier alpha value is -2.77. The smallest absolute Gasteiger partial charge is 0.246 e. The highest BCUT2D eigenvalue weighted by molar-refractivity contribution is 6.00. The van der Waals surface area contributed by atoms with E-state index < -0.39 is 5.92 Å². The minimum atomic E-state index is -0.448. The van der Waals surface area contributed by atoms with Gasteiger partial charge in [0.25, 0.3) is 0 Å². The van der Waals surface area contributed by atoms with Crippen molar-refractivity contribution in [2.24, 2.45) is 5.92 Å². The van der Waals surface area contributed by atoms with Crippen LogP contribution < -0.4 is 4.90 Å². The van der Waals surface area contributed by atoms with E-state index >= 15 is 0 Å². The van der Waals surface area contributed by atoms with Gasteiger partial charge in [0.1, 0.15) is 5.82 Å². The van der Waals surface area contributed by atoms with Gasteiger partial charge >= 0.3 is 0 Å². The largest absolute Gasteiger partial charge is 0.337 e. The first-order chi connectivity index (χ1) is 12.0. The number of carbonyl (C=O) groups is 2. The van der Waals surface area contributed by atoms with E-state index in [0.717, 1.165) is 0 Å². The Morgan fingerprint density at radius 2 is 2.12 bits per heavy atom. The Bertz CT molecular complexity index is 774. The van der Waals surface area contributed by atoms with Crippen molar-refractivity contribution in [3.8, 4) is 0 Å². The molecule has 2 aromatic rings. The fraction of sp³-hybridized carbons (Fsp3) is 0.412. The van der Waals surface area contributed by atoms with Crippen LogP contribution in [-0.4, -0.2) is 40.4 Å². The predicted octanol–water partition coefficient (Wildman–Crippen LogP) is 1.78. The standard InChI is InChI=1S/C17H19FN4O3/c1-3-14-19-15(25-20-14)10-21(2)17(24)11-8-16(23)22(9-11)13-6-4-12(18)5-7-13/h4-7,11H,3,8-10H2,1-2H3/t11-/m1/s1. The third kappa shape index (κ3) is 3.67. The molecule has 1 aromatic heterocycles. The van der Waals surface area contributed by atoms with Gasteiger partial charge in [-0.25, -0.2) is 4.39 Å². The summed E-state index contributed by atoms with van der Waals surface area (Å²) in [6, 6.07) is 5.67. The Balaban J connectivity index is 1.64. The summed E-state index contributed by atoms with van der Waals surface area (Å²) in [5.41, 5.74) is 0.592. The predicted molar refractivity (Wildman–Crippen MR) is 87.0 cm³/mol. The summed E-state index contributed by atoms with van der Waals surface area (Å²) in [6.07, 6.45) is 0.787. The molecule has 2 amide bonds. The first-order valence-corrected chi connectivity index (χ1v) is 8.10. The average Bonchev–Trinajstić information content (AvgIpc) is 3.21. The number of anilines is 1. The van der Waals surface area contributed by atoms with Crippen molar-refractivity contribution >= 4 is 17.5 Å². The molecule has 1 aliphatic heterocycles. The van der Waals surface area contributed by atoms with E-state index in [1.807, 2.05) is 6.92 Å². The van der Waals surface area contributed by atoms with Gasteiger partial charge in [-0.2, -0.15) is 4.98 Å². The van der Waals surface area contributed by atoms with Crippen molar-refractivity contribution in [3.05, 3.63) is 41.8 Å². The number of nitrogens with zero attached hydrogens (tertiary/aromatic N) is 4. The average molecular weight is 346 g/mol. The van der Waals surface area contributed by atoms with Crippen molar-refractivity contribution in [3.63, 3.8) is 0 Å².